The third-order valence-electron chi connectivity index (χ3n) is 7.79. The van der Waals surface area contributed by atoms with Gasteiger partial charge in [0.1, 0.15) is 31.6 Å². The van der Waals surface area contributed by atoms with E-state index in [2.05, 4.69) is 80.6 Å². The molecule has 0 saturated heterocycles. The van der Waals surface area contributed by atoms with E-state index in [0.717, 1.165) is 28.6 Å². The summed E-state index contributed by atoms with van der Waals surface area (Å²) in [4.78, 5) is 33.6. The Morgan fingerprint density at radius 2 is 1.45 bits per heavy atom. The molecule has 0 saturated carbocycles. The molecule has 0 radical (unpaired) electrons. The molecule has 0 aliphatic carbocycles. The van der Waals surface area contributed by atoms with E-state index in [0.29, 0.717) is 47.3 Å². The van der Waals surface area contributed by atoms with E-state index >= 15 is 0 Å². The first kappa shape index (κ1) is 56.4. The number of benzene rings is 2. The summed E-state index contributed by atoms with van der Waals surface area (Å²) in [6, 6.07) is 12.4. The van der Waals surface area contributed by atoms with Crippen LogP contribution in [-0.4, -0.2) is 55.5 Å². The number of nitrogens with two attached hydrogens (primary N) is 1. The number of nitrogens with zero attached hydrogens (tertiary/aromatic N) is 1. The number of nitrogens with one attached hydrogen (secondary N) is 3. The van der Waals surface area contributed by atoms with E-state index in [4.69, 9.17) is 31.7 Å². The van der Waals surface area contributed by atoms with Gasteiger partial charge in [-0.2, -0.15) is 0 Å². The molecular formula is C44H72ClN5O6S2. The third-order valence-corrected chi connectivity index (χ3v) is 10.5. The number of carbonyl (C=O) groups excluding carboxylic acids is 3. The van der Waals surface area contributed by atoms with Crippen molar-refractivity contribution in [3.8, 4) is 5.75 Å². The Hall–Kier alpha value is -3.65. The fourth-order valence-corrected chi connectivity index (χ4v) is 7.05. The standard InChI is InChI=1S/C30H42ClN3O.C7H14N2O4S2.C6H14.CH2O/c1-9-14-24(15-10-2)25-19-29(35-20(4)5)28(18-22(25)7)32-23(8)33-30(26(31)11-3)34-27-17-13-12-16-21(27)6;1-6(10)12-2-4-14-15-5-3-13-7(11)9-8;1-4-5-6(2)3;1-2/h11-13,16-20,24,32H,8-10,14-15H2,1-7H3,(H,33,34);2-5,8H2,1H3,(H,9,11);6H,4-5H2,1-3H3;1H2/b26-11+;;;. The average Bonchev–Trinajstić information content (AvgIpc) is 3.17. The van der Waals surface area contributed by atoms with Gasteiger partial charge in [-0.1, -0.05) is 124 Å². The molecule has 0 aliphatic rings. The number of aryl methyl sites for hydroxylation is 2. The summed E-state index contributed by atoms with van der Waals surface area (Å²) in [6.45, 7) is 29.6. The number of hydrogen-bond acceptors (Lipinski definition) is 11. The third kappa shape index (κ3) is 27.1. The first-order valence-electron chi connectivity index (χ1n) is 19.9. The summed E-state index contributed by atoms with van der Waals surface area (Å²) in [5, 5.41) is 7.22. The van der Waals surface area contributed by atoms with Crippen molar-refractivity contribution in [1.29, 1.82) is 0 Å². The molecule has 0 heterocycles. The Kier molecular flexibility index (Phi) is 34.4. The number of aliphatic imine (C=N–C) groups is 1. The van der Waals surface area contributed by atoms with Crippen LogP contribution >= 0.6 is 33.2 Å². The molecule has 0 bridgehead atoms. The normalized spacial score (nSPS) is 11.0. The molecule has 0 aromatic heterocycles. The predicted octanol–water partition coefficient (Wildman–Crippen LogP) is 12.1. The van der Waals surface area contributed by atoms with Crippen LogP contribution in [0.4, 0.5) is 16.2 Å². The zero-order chi connectivity index (χ0) is 44.5. The Morgan fingerprint density at radius 3 is 1.91 bits per heavy atom. The van der Waals surface area contributed by atoms with Gasteiger partial charge in [0.15, 0.2) is 5.84 Å². The van der Waals surface area contributed by atoms with Gasteiger partial charge in [-0.25, -0.2) is 15.6 Å². The van der Waals surface area contributed by atoms with Crippen molar-refractivity contribution < 1.29 is 28.6 Å². The number of anilines is 2. The van der Waals surface area contributed by atoms with E-state index in [-0.39, 0.29) is 12.1 Å². The van der Waals surface area contributed by atoms with Crippen LogP contribution in [0.3, 0.4) is 0 Å². The fourth-order valence-electron chi connectivity index (χ4n) is 5.31. The molecule has 2 rings (SSSR count). The van der Waals surface area contributed by atoms with Gasteiger partial charge in [-0.3, -0.25) is 10.2 Å². The first-order valence-corrected chi connectivity index (χ1v) is 22.8. The van der Waals surface area contributed by atoms with Crippen LogP contribution in [0.25, 0.3) is 0 Å². The predicted molar refractivity (Wildman–Crippen MR) is 251 cm³/mol. The summed E-state index contributed by atoms with van der Waals surface area (Å²) >= 11 is 6.50. The largest absolute Gasteiger partial charge is 0.489 e. The van der Waals surface area contributed by atoms with Crippen molar-refractivity contribution in [3.05, 3.63) is 76.6 Å². The molecule has 328 valence electrons. The summed E-state index contributed by atoms with van der Waals surface area (Å²) in [6.07, 6.45) is 8.61. The van der Waals surface area contributed by atoms with Crippen molar-refractivity contribution in [2.45, 2.75) is 127 Å². The summed E-state index contributed by atoms with van der Waals surface area (Å²) in [5.74, 6) is 9.16. The lowest BCUT2D eigenvalue weighted by molar-refractivity contribution is -0.140. The van der Waals surface area contributed by atoms with Crippen LogP contribution in [0.1, 0.15) is 123 Å². The number of para-hydroxylation sites is 1. The van der Waals surface area contributed by atoms with Crippen LogP contribution in [0.15, 0.2) is 64.9 Å². The Morgan fingerprint density at radius 1 is 0.879 bits per heavy atom. The lowest BCUT2D eigenvalue weighted by atomic mass is 9.87. The molecule has 0 unspecified atom stereocenters. The van der Waals surface area contributed by atoms with E-state index < -0.39 is 6.09 Å². The minimum Gasteiger partial charge on any atom is -0.489 e. The number of amidine groups is 1. The highest BCUT2D eigenvalue weighted by molar-refractivity contribution is 8.76. The van der Waals surface area contributed by atoms with Gasteiger partial charge < -0.3 is 29.6 Å². The van der Waals surface area contributed by atoms with Crippen LogP contribution in [0, 0.1) is 19.8 Å². The number of halogens is 1. The minimum absolute atomic E-state index is 0.0504. The van der Waals surface area contributed by atoms with Gasteiger partial charge in [-0.15, -0.1) is 0 Å². The molecule has 14 heteroatoms. The Bertz CT molecular complexity index is 1520. The van der Waals surface area contributed by atoms with Crippen molar-refractivity contribution >= 4 is 69.3 Å². The lowest BCUT2D eigenvalue weighted by Gasteiger charge is -2.23. The van der Waals surface area contributed by atoms with Gasteiger partial charge in [0.25, 0.3) is 0 Å². The summed E-state index contributed by atoms with van der Waals surface area (Å²) < 4.78 is 15.6. The number of hydrazine groups is 1. The zero-order valence-corrected chi connectivity index (χ0v) is 39.3. The number of amides is 1. The highest BCUT2D eigenvalue weighted by Crippen LogP contribution is 2.37. The van der Waals surface area contributed by atoms with Crippen LogP contribution in [0.5, 0.6) is 5.75 Å². The number of hydrogen-bond donors (Lipinski definition) is 4. The smallest absolute Gasteiger partial charge is 0.421 e. The number of ether oxygens (including phenoxy) is 3. The molecule has 0 aliphatic heterocycles. The molecule has 58 heavy (non-hydrogen) atoms. The van der Waals surface area contributed by atoms with Crippen molar-refractivity contribution in [1.82, 2.24) is 5.43 Å². The van der Waals surface area contributed by atoms with E-state index in [9.17, 15) is 9.59 Å². The fraction of sp³-hybridized carbons (Fsp3) is 0.545. The van der Waals surface area contributed by atoms with Gasteiger partial charge in [0, 0.05) is 24.1 Å². The molecule has 0 atom stereocenters. The molecule has 2 aromatic carbocycles. The van der Waals surface area contributed by atoms with Crippen LogP contribution in [0.2, 0.25) is 0 Å². The number of allylic oxidation sites excluding steroid dienone is 1. The monoisotopic (exact) mass is 865 g/mol. The van der Waals surface area contributed by atoms with Gasteiger partial charge in [0.2, 0.25) is 0 Å². The van der Waals surface area contributed by atoms with Crippen LogP contribution in [-0.2, 0) is 19.1 Å². The van der Waals surface area contributed by atoms with Crippen molar-refractivity contribution in [2.75, 3.05) is 35.4 Å². The minimum atomic E-state index is -0.638. The number of rotatable bonds is 21. The maximum atomic E-state index is 10.5. The summed E-state index contributed by atoms with van der Waals surface area (Å²) in [7, 11) is 3.09. The molecule has 0 fully saturated rings. The second-order valence-electron chi connectivity index (χ2n) is 13.7. The highest BCUT2D eigenvalue weighted by Gasteiger charge is 2.18. The van der Waals surface area contributed by atoms with E-state index in [1.807, 2.05) is 70.3 Å². The van der Waals surface area contributed by atoms with Gasteiger partial charge >= 0.3 is 12.1 Å². The van der Waals surface area contributed by atoms with Crippen molar-refractivity contribution in [3.63, 3.8) is 0 Å². The quantitative estimate of drug-likeness (QED) is 0.0139. The average molecular weight is 867 g/mol. The first-order chi connectivity index (χ1) is 27.6. The molecule has 1 amide bonds. The second-order valence-corrected chi connectivity index (χ2v) is 16.8. The van der Waals surface area contributed by atoms with E-state index in [1.165, 1.54) is 67.4 Å². The number of carbonyl (C=O) groups is 3. The lowest BCUT2D eigenvalue weighted by Crippen LogP contribution is -2.31. The zero-order valence-electron chi connectivity index (χ0n) is 36.9. The van der Waals surface area contributed by atoms with Gasteiger partial charge in [0.05, 0.1) is 16.8 Å². The molecular weight excluding hydrogens is 794 g/mol. The molecule has 2 aromatic rings. The topological polar surface area (TPSA) is 153 Å². The van der Waals surface area contributed by atoms with Crippen molar-refractivity contribution in [2.24, 2.45) is 16.8 Å². The van der Waals surface area contributed by atoms with E-state index in [1.54, 1.807) is 10.8 Å². The molecule has 0 spiro atoms. The molecule has 5 N–H and O–H groups in total. The highest BCUT2D eigenvalue weighted by atomic mass is 35.5. The van der Waals surface area contributed by atoms with Crippen LogP contribution < -0.4 is 26.6 Å². The second kappa shape index (κ2) is 35.3. The van der Waals surface area contributed by atoms with Gasteiger partial charge in [-0.05, 0) is 94.2 Å². The summed E-state index contributed by atoms with van der Waals surface area (Å²) in [5.41, 5.74) is 7.37. The Labute approximate surface area is 362 Å². The maximum Gasteiger partial charge on any atom is 0.421 e. The maximum absolute atomic E-state index is 10.5. The molecule has 11 nitrogen and oxygen atoms in total. The number of esters is 1. The Balaban J connectivity index is 0. The SMILES string of the molecule is C=C(/N=C(Nc1ccccc1C)\C(Cl)=C/C)Nc1cc(C)c(C(CCC)CCC)cc1OC(C)C.C=O.CC(=O)OCCSSCCOC(=O)NN.CCCC(C)C.